The fourth-order valence-electron chi connectivity index (χ4n) is 1.83. The van der Waals surface area contributed by atoms with E-state index in [4.69, 9.17) is 25.7 Å². The molecule has 1 amide bonds. The van der Waals surface area contributed by atoms with Crippen LogP contribution in [0, 0.1) is 0 Å². The van der Waals surface area contributed by atoms with E-state index in [1.807, 2.05) is 13.0 Å². The van der Waals surface area contributed by atoms with E-state index in [1.54, 1.807) is 13.0 Å². The molecule has 0 aliphatic carbocycles. The van der Waals surface area contributed by atoms with Crippen molar-refractivity contribution in [1.82, 2.24) is 0 Å². The third-order valence-electron chi connectivity index (χ3n) is 2.80. The maximum atomic E-state index is 11.1. The normalized spacial score (nSPS) is 15.9. The van der Waals surface area contributed by atoms with Crippen molar-refractivity contribution in [3.8, 4) is 17.2 Å². The summed E-state index contributed by atoms with van der Waals surface area (Å²) in [6.07, 6.45) is -0.107. The lowest BCUT2D eigenvalue weighted by Gasteiger charge is -2.17. The van der Waals surface area contributed by atoms with E-state index in [0.29, 0.717) is 23.7 Å². The number of hydrogen-bond donors (Lipinski definition) is 2. The molecule has 0 spiro atoms. The van der Waals surface area contributed by atoms with Gasteiger partial charge in [0, 0.05) is 12.1 Å². The lowest BCUT2D eigenvalue weighted by molar-refractivity contribution is -0.124. The third-order valence-corrected chi connectivity index (χ3v) is 2.80. The van der Waals surface area contributed by atoms with Crippen LogP contribution in [0.3, 0.4) is 0 Å². The molecule has 2 unspecified atom stereocenters. The highest BCUT2D eigenvalue weighted by Crippen LogP contribution is 2.38. The van der Waals surface area contributed by atoms with Crippen LogP contribution in [-0.4, -0.2) is 24.8 Å². The average molecular weight is 266 g/mol. The van der Waals surface area contributed by atoms with Crippen molar-refractivity contribution in [3.63, 3.8) is 0 Å². The predicted octanol–water partition coefficient (Wildman–Crippen LogP) is 0.558. The molecular weight excluding hydrogens is 248 g/mol. The molecule has 0 saturated heterocycles. The molecule has 6 heteroatoms. The second kappa shape index (κ2) is 5.36. The van der Waals surface area contributed by atoms with Gasteiger partial charge in [0.15, 0.2) is 17.6 Å². The summed E-state index contributed by atoms with van der Waals surface area (Å²) in [6.45, 7) is 3.68. The van der Waals surface area contributed by atoms with Crippen LogP contribution in [0.5, 0.6) is 17.2 Å². The van der Waals surface area contributed by atoms with E-state index in [9.17, 15) is 4.79 Å². The summed E-state index contributed by atoms with van der Waals surface area (Å²) in [4.78, 5) is 11.1. The van der Waals surface area contributed by atoms with Gasteiger partial charge in [-0.15, -0.1) is 0 Å². The Balaban J connectivity index is 2.30. The number of primary amides is 1. The van der Waals surface area contributed by atoms with Crippen LogP contribution in [0.4, 0.5) is 0 Å². The first-order valence-electron chi connectivity index (χ1n) is 6.11. The van der Waals surface area contributed by atoms with Crippen molar-refractivity contribution in [1.29, 1.82) is 0 Å². The van der Waals surface area contributed by atoms with Crippen molar-refractivity contribution in [2.45, 2.75) is 32.4 Å². The molecule has 0 saturated carbocycles. The Hall–Kier alpha value is -1.95. The summed E-state index contributed by atoms with van der Waals surface area (Å²) in [5.74, 6) is 1.28. The Labute approximate surface area is 111 Å². The summed E-state index contributed by atoms with van der Waals surface area (Å²) in [5.41, 5.74) is 11.9. The predicted molar refractivity (Wildman–Crippen MR) is 69.2 cm³/mol. The van der Waals surface area contributed by atoms with Crippen LogP contribution in [0.1, 0.15) is 19.4 Å². The number of carbonyl (C=O) groups excluding carboxylic acids is 1. The number of ether oxygens (including phenoxy) is 3. The quantitative estimate of drug-likeness (QED) is 0.811. The molecule has 0 fully saturated rings. The molecule has 0 aromatic heterocycles. The highest BCUT2D eigenvalue weighted by Gasteiger charge is 2.21. The van der Waals surface area contributed by atoms with Gasteiger partial charge in [0.25, 0.3) is 5.91 Å². The van der Waals surface area contributed by atoms with Gasteiger partial charge in [-0.2, -0.15) is 0 Å². The first-order chi connectivity index (χ1) is 8.97. The first-order valence-corrected chi connectivity index (χ1v) is 6.11. The van der Waals surface area contributed by atoms with Crippen LogP contribution in [0.25, 0.3) is 0 Å². The van der Waals surface area contributed by atoms with Crippen LogP contribution >= 0.6 is 0 Å². The number of benzene rings is 1. The average Bonchev–Trinajstić information content (AvgIpc) is 2.75. The standard InChI is InChI=1S/C13H18N2O4/c1-7(14)3-9-4-11-12(18-6-17-11)5-10(9)19-8(2)13(15)16/h4-5,7-8H,3,6,14H2,1-2H3,(H2,15,16). The fourth-order valence-corrected chi connectivity index (χ4v) is 1.83. The number of carbonyl (C=O) groups is 1. The molecule has 0 bridgehead atoms. The Bertz CT molecular complexity index is 488. The van der Waals surface area contributed by atoms with E-state index in [1.165, 1.54) is 0 Å². The Morgan fingerprint density at radius 2 is 2.00 bits per heavy atom. The number of hydrogen-bond acceptors (Lipinski definition) is 5. The molecule has 1 aliphatic heterocycles. The van der Waals surface area contributed by atoms with Gasteiger partial charge in [0.05, 0.1) is 0 Å². The van der Waals surface area contributed by atoms with Gasteiger partial charge >= 0.3 is 0 Å². The van der Waals surface area contributed by atoms with E-state index in [0.717, 1.165) is 5.56 Å². The van der Waals surface area contributed by atoms with Gasteiger partial charge in [0.1, 0.15) is 5.75 Å². The number of fused-ring (bicyclic) bond motifs is 1. The summed E-state index contributed by atoms with van der Waals surface area (Å²) in [7, 11) is 0. The van der Waals surface area contributed by atoms with Gasteiger partial charge in [-0.25, -0.2) is 0 Å². The SMILES string of the molecule is CC(N)Cc1cc2c(cc1OC(C)C(N)=O)OCO2. The maximum Gasteiger partial charge on any atom is 0.258 e. The molecule has 104 valence electrons. The highest BCUT2D eigenvalue weighted by atomic mass is 16.7. The van der Waals surface area contributed by atoms with Gasteiger partial charge in [-0.1, -0.05) is 0 Å². The topological polar surface area (TPSA) is 96.8 Å². The minimum atomic E-state index is -0.716. The van der Waals surface area contributed by atoms with Gasteiger partial charge in [0.2, 0.25) is 6.79 Å². The monoisotopic (exact) mass is 266 g/mol. The lowest BCUT2D eigenvalue weighted by atomic mass is 10.1. The summed E-state index contributed by atoms with van der Waals surface area (Å²) >= 11 is 0. The number of rotatable bonds is 5. The lowest BCUT2D eigenvalue weighted by Crippen LogP contribution is -2.31. The summed E-state index contributed by atoms with van der Waals surface area (Å²) in [5, 5.41) is 0. The summed E-state index contributed by atoms with van der Waals surface area (Å²) < 4.78 is 16.2. The van der Waals surface area contributed by atoms with Crippen molar-refractivity contribution < 1.29 is 19.0 Å². The molecule has 6 nitrogen and oxygen atoms in total. The first kappa shape index (κ1) is 13.5. The Morgan fingerprint density at radius 1 is 1.37 bits per heavy atom. The smallest absolute Gasteiger partial charge is 0.258 e. The molecular formula is C13H18N2O4. The van der Waals surface area contributed by atoms with Gasteiger partial charge in [-0.3, -0.25) is 4.79 Å². The molecule has 2 atom stereocenters. The molecule has 1 aliphatic rings. The second-order valence-electron chi connectivity index (χ2n) is 4.66. The fraction of sp³-hybridized carbons (Fsp3) is 0.462. The molecule has 1 heterocycles. The zero-order valence-corrected chi connectivity index (χ0v) is 11.0. The molecule has 0 radical (unpaired) electrons. The van der Waals surface area contributed by atoms with Crippen LogP contribution in [0.2, 0.25) is 0 Å². The van der Waals surface area contributed by atoms with Crippen molar-refractivity contribution in [2.24, 2.45) is 11.5 Å². The Kier molecular flexibility index (Phi) is 3.80. The van der Waals surface area contributed by atoms with E-state index in [-0.39, 0.29) is 12.8 Å². The van der Waals surface area contributed by atoms with Gasteiger partial charge < -0.3 is 25.7 Å². The van der Waals surface area contributed by atoms with Crippen molar-refractivity contribution >= 4 is 5.91 Å². The maximum absolute atomic E-state index is 11.1. The Morgan fingerprint density at radius 3 is 2.58 bits per heavy atom. The van der Waals surface area contributed by atoms with E-state index >= 15 is 0 Å². The molecule has 2 rings (SSSR count). The third kappa shape index (κ3) is 3.08. The highest BCUT2D eigenvalue weighted by molar-refractivity contribution is 5.78. The molecule has 19 heavy (non-hydrogen) atoms. The minimum Gasteiger partial charge on any atom is -0.480 e. The minimum absolute atomic E-state index is 0.0356. The molecule has 1 aromatic carbocycles. The summed E-state index contributed by atoms with van der Waals surface area (Å²) in [6, 6.07) is 3.50. The number of amides is 1. The van der Waals surface area contributed by atoms with E-state index in [2.05, 4.69) is 0 Å². The number of nitrogens with two attached hydrogens (primary N) is 2. The zero-order valence-electron chi connectivity index (χ0n) is 11.0. The van der Waals surface area contributed by atoms with Crippen LogP contribution < -0.4 is 25.7 Å². The second-order valence-corrected chi connectivity index (χ2v) is 4.66. The van der Waals surface area contributed by atoms with Gasteiger partial charge in [-0.05, 0) is 31.9 Å². The van der Waals surface area contributed by atoms with Crippen LogP contribution in [0.15, 0.2) is 12.1 Å². The molecule has 4 N–H and O–H groups in total. The van der Waals surface area contributed by atoms with Crippen LogP contribution in [-0.2, 0) is 11.2 Å². The zero-order chi connectivity index (χ0) is 14.0. The molecule has 1 aromatic rings. The van der Waals surface area contributed by atoms with Crippen molar-refractivity contribution in [3.05, 3.63) is 17.7 Å². The van der Waals surface area contributed by atoms with E-state index < -0.39 is 12.0 Å². The van der Waals surface area contributed by atoms with Crippen molar-refractivity contribution in [2.75, 3.05) is 6.79 Å². The largest absolute Gasteiger partial charge is 0.480 e.